The van der Waals surface area contributed by atoms with Gasteiger partial charge in [0.15, 0.2) is 11.5 Å². The first-order valence-corrected chi connectivity index (χ1v) is 8.86. The van der Waals surface area contributed by atoms with Gasteiger partial charge in [0.25, 0.3) is 0 Å². The van der Waals surface area contributed by atoms with Crippen LogP contribution < -0.4 is 9.47 Å². The number of hydrogen-bond acceptors (Lipinski definition) is 5. The predicted octanol–water partition coefficient (Wildman–Crippen LogP) is 1.75. The standard InChI is InChI=1S/C19H24N2O4/c1-23-16-6-8-20(9-7-16)15-11-21(12-15)19(22)5-3-14-2-4-17-18(10-14)25-13-24-17/h2-5,10,15-16H,6-9,11-13H2,1H3/b5-3+. The van der Waals surface area contributed by atoms with Crippen LogP contribution in [-0.4, -0.2) is 67.9 Å². The van der Waals surface area contributed by atoms with E-state index in [4.69, 9.17) is 14.2 Å². The third-order valence-electron chi connectivity index (χ3n) is 5.32. The van der Waals surface area contributed by atoms with Gasteiger partial charge in [-0.2, -0.15) is 0 Å². The summed E-state index contributed by atoms with van der Waals surface area (Å²) in [5.74, 6) is 1.56. The largest absolute Gasteiger partial charge is 0.454 e. The van der Waals surface area contributed by atoms with Crippen molar-refractivity contribution in [2.24, 2.45) is 0 Å². The molecule has 1 amide bonds. The predicted molar refractivity (Wildman–Crippen MR) is 93.6 cm³/mol. The maximum absolute atomic E-state index is 12.3. The Labute approximate surface area is 147 Å². The Morgan fingerprint density at radius 3 is 2.72 bits per heavy atom. The number of hydrogen-bond donors (Lipinski definition) is 0. The van der Waals surface area contributed by atoms with Crippen molar-refractivity contribution >= 4 is 12.0 Å². The molecule has 3 aliphatic rings. The molecule has 0 bridgehead atoms. The molecule has 25 heavy (non-hydrogen) atoms. The van der Waals surface area contributed by atoms with Crippen molar-refractivity contribution in [1.82, 2.24) is 9.80 Å². The van der Waals surface area contributed by atoms with E-state index in [1.54, 1.807) is 13.2 Å². The summed E-state index contributed by atoms with van der Waals surface area (Å²) >= 11 is 0. The smallest absolute Gasteiger partial charge is 0.246 e. The highest BCUT2D eigenvalue weighted by molar-refractivity contribution is 5.92. The van der Waals surface area contributed by atoms with Gasteiger partial charge in [0, 0.05) is 45.4 Å². The number of benzene rings is 1. The second-order valence-corrected chi connectivity index (χ2v) is 6.81. The second-order valence-electron chi connectivity index (χ2n) is 6.81. The molecule has 3 aliphatic heterocycles. The molecular formula is C19H24N2O4. The fraction of sp³-hybridized carbons (Fsp3) is 0.526. The molecule has 6 nitrogen and oxygen atoms in total. The molecule has 134 valence electrons. The molecule has 4 rings (SSSR count). The summed E-state index contributed by atoms with van der Waals surface area (Å²) in [6.07, 6.45) is 6.06. The van der Waals surface area contributed by atoms with Gasteiger partial charge < -0.3 is 19.1 Å². The maximum atomic E-state index is 12.3. The van der Waals surface area contributed by atoms with Crippen LogP contribution in [0.5, 0.6) is 11.5 Å². The van der Waals surface area contributed by atoms with E-state index in [2.05, 4.69) is 4.90 Å². The summed E-state index contributed by atoms with van der Waals surface area (Å²) < 4.78 is 16.1. The number of rotatable bonds is 4. The average Bonchev–Trinajstić information content (AvgIpc) is 3.07. The zero-order chi connectivity index (χ0) is 17.2. The van der Waals surface area contributed by atoms with Gasteiger partial charge in [-0.15, -0.1) is 0 Å². The van der Waals surface area contributed by atoms with Crippen molar-refractivity contribution < 1.29 is 19.0 Å². The number of methoxy groups -OCH3 is 1. The average molecular weight is 344 g/mol. The van der Waals surface area contributed by atoms with Crippen LogP contribution in [0.15, 0.2) is 24.3 Å². The molecule has 0 aliphatic carbocycles. The van der Waals surface area contributed by atoms with Crippen molar-refractivity contribution in [3.05, 3.63) is 29.8 Å². The summed E-state index contributed by atoms with van der Waals surface area (Å²) in [4.78, 5) is 16.7. The monoisotopic (exact) mass is 344 g/mol. The Morgan fingerprint density at radius 1 is 1.20 bits per heavy atom. The molecule has 1 aromatic rings. The van der Waals surface area contributed by atoms with Crippen LogP contribution in [0, 0.1) is 0 Å². The Hall–Kier alpha value is -2.05. The van der Waals surface area contributed by atoms with Crippen LogP contribution >= 0.6 is 0 Å². The van der Waals surface area contributed by atoms with Gasteiger partial charge in [0.2, 0.25) is 12.7 Å². The number of carbonyl (C=O) groups is 1. The van der Waals surface area contributed by atoms with Gasteiger partial charge in [-0.1, -0.05) is 6.07 Å². The Bertz CT molecular complexity index is 661. The van der Waals surface area contributed by atoms with Crippen molar-refractivity contribution in [3.63, 3.8) is 0 Å². The van der Waals surface area contributed by atoms with Crippen LogP contribution in [0.1, 0.15) is 18.4 Å². The molecule has 0 N–H and O–H groups in total. The van der Waals surface area contributed by atoms with Crippen LogP contribution in [0.25, 0.3) is 6.08 Å². The lowest BCUT2D eigenvalue weighted by molar-refractivity contribution is -0.134. The first-order valence-electron chi connectivity index (χ1n) is 8.86. The quantitative estimate of drug-likeness (QED) is 0.779. The fourth-order valence-electron chi connectivity index (χ4n) is 3.63. The summed E-state index contributed by atoms with van der Waals surface area (Å²) in [6.45, 7) is 4.04. The number of nitrogens with zero attached hydrogens (tertiary/aromatic N) is 2. The van der Waals surface area contributed by atoms with Gasteiger partial charge >= 0.3 is 0 Å². The molecule has 0 saturated carbocycles. The number of piperidine rings is 1. The maximum Gasteiger partial charge on any atom is 0.246 e. The van der Waals surface area contributed by atoms with Gasteiger partial charge in [-0.25, -0.2) is 0 Å². The molecule has 6 heteroatoms. The SMILES string of the molecule is COC1CCN(C2CN(C(=O)/C=C/c3ccc4c(c3)OCO4)C2)CC1. The molecule has 0 unspecified atom stereocenters. The molecule has 0 aromatic heterocycles. The number of fused-ring (bicyclic) bond motifs is 1. The highest BCUT2D eigenvalue weighted by Crippen LogP contribution is 2.32. The van der Waals surface area contributed by atoms with E-state index in [9.17, 15) is 4.79 Å². The van der Waals surface area contributed by atoms with Crippen molar-refractivity contribution in [2.45, 2.75) is 25.0 Å². The second kappa shape index (κ2) is 7.06. The molecule has 0 atom stereocenters. The number of likely N-dealkylation sites (tertiary alicyclic amines) is 2. The summed E-state index contributed by atoms with van der Waals surface area (Å²) in [6, 6.07) is 6.19. The van der Waals surface area contributed by atoms with Gasteiger partial charge in [-0.05, 0) is 36.6 Å². The first-order chi connectivity index (χ1) is 12.2. The van der Waals surface area contributed by atoms with Gasteiger partial charge in [0.1, 0.15) is 0 Å². The van der Waals surface area contributed by atoms with E-state index in [0.717, 1.165) is 56.1 Å². The lowest BCUT2D eigenvalue weighted by Crippen LogP contribution is -2.62. The molecule has 0 spiro atoms. The van der Waals surface area contributed by atoms with E-state index in [0.29, 0.717) is 12.1 Å². The Kier molecular flexibility index (Phi) is 4.63. The summed E-state index contributed by atoms with van der Waals surface area (Å²) in [7, 11) is 1.79. The third kappa shape index (κ3) is 3.50. The van der Waals surface area contributed by atoms with Crippen LogP contribution in [0.2, 0.25) is 0 Å². The highest BCUT2D eigenvalue weighted by atomic mass is 16.7. The number of carbonyl (C=O) groups excluding carboxylic acids is 1. The first kappa shape index (κ1) is 16.4. The van der Waals surface area contributed by atoms with E-state index < -0.39 is 0 Å². The van der Waals surface area contributed by atoms with Gasteiger partial charge in [0.05, 0.1) is 6.10 Å². The molecule has 2 saturated heterocycles. The number of ether oxygens (including phenoxy) is 3. The van der Waals surface area contributed by atoms with Crippen molar-refractivity contribution in [1.29, 1.82) is 0 Å². The van der Waals surface area contributed by atoms with Crippen molar-refractivity contribution in [3.8, 4) is 11.5 Å². The minimum Gasteiger partial charge on any atom is -0.454 e. The molecule has 0 radical (unpaired) electrons. The third-order valence-corrected chi connectivity index (χ3v) is 5.32. The molecule has 1 aromatic carbocycles. The molecule has 2 fully saturated rings. The van der Waals surface area contributed by atoms with Crippen molar-refractivity contribution in [2.75, 3.05) is 40.1 Å². The number of amides is 1. The highest BCUT2D eigenvalue weighted by Gasteiger charge is 2.35. The molecular weight excluding hydrogens is 320 g/mol. The molecule has 3 heterocycles. The van der Waals surface area contributed by atoms with Crippen LogP contribution in [0.3, 0.4) is 0 Å². The minimum absolute atomic E-state index is 0.0701. The van der Waals surface area contributed by atoms with E-state index in [1.165, 1.54) is 0 Å². The summed E-state index contributed by atoms with van der Waals surface area (Å²) in [5, 5.41) is 0. The topological polar surface area (TPSA) is 51.2 Å². The normalized spacial score (nSPS) is 21.7. The minimum atomic E-state index is 0.0701. The van der Waals surface area contributed by atoms with E-state index in [-0.39, 0.29) is 12.7 Å². The Morgan fingerprint density at radius 2 is 1.96 bits per heavy atom. The lowest BCUT2D eigenvalue weighted by Gasteiger charge is -2.47. The van der Waals surface area contributed by atoms with Gasteiger partial charge in [-0.3, -0.25) is 9.69 Å². The van der Waals surface area contributed by atoms with Crippen LogP contribution in [-0.2, 0) is 9.53 Å². The lowest BCUT2D eigenvalue weighted by atomic mass is 10.0. The fourth-order valence-corrected chi connectivity index (χ4v) is 3.63. The van der Waals surface area contributed by atoms with Crippen LogP contribution in [0.4, 0.5) is 0 Å². The summed E-state index contributed by atoms with van der Waals surface area (Å²) in [5.41, 5.74) is 0.941. The van der Waals surface area contributed by atoms with E-state index >= 15 is 0 Å². The zero-order valence-electron chi connectivity index (χ0n) is 14.5. The van der Waals surface area contributed by atoms with E-state index in [1.807, 2.05) is 29.2 Å². The Balaban J connectivity index is 1.26. The zero-order valence-corrected chi connectivity index (χ0v) is 14.5.